The maximum atomic E-state index is 10.8. The second kappa shape index (κ2) is 7.17. The smallest absolute Gasteiger partial charge is 0.305 e. The molecule has 0 atom stereocenters. The highest BCUT2D eigenvalue weighted by atomic mass is 16.5. The van der Waals surface area contributed by atoms with Crippen molar-refractivity contribution >= 4 is 11.9 Å². The van der Waals surface area contributed by atoms with Crippen molar-refractivity contribution in [1.29, 1.82) is 0 Å². The van der Waals surface area contributed by atoms with Crippen molar-refractivity contribution in [2.45, 2.75) is 25.7 Å². The quantitative estimate of drug-likeness (QED) is 0.377. The summed E-state index contributed by atoms with van der Waals surface area (Å²) in [5, 5.41) is 8.26. The Morgan fingerprint density at radius 3 is 2.62 bits per heavy atom. The van der Waals surface area contributed by atoms with Crippen LogP contribution in [-0.4, -0.2) is 23.7 Å². The first-order valence-corrected chi connectivity index (χ1v) is 3.97. The third-order valence-corrected chi connectivity index (χ3v) is 1.28. The second-order valence-electron chi connectivity index (χ2n) is 2.42. The molecule has 4 nitrogen and oxygen atoms in total. The van der Waals surface area contributed by atoms with Crippen LogP contribution in [0.4, 0.5) is 0 Å². The van der Waals surface area contributed by atoms with Gasteiger partial charge in [-0.2, -0.15) is 0 Å². The molecule has 0 saturated heterocycles. The minimum atomic E-state index is -0.906. The van der Waals surface area contributed by atoms with E-state index in [9.17, 15) is 9.59 Å². The molecule has 0 heterocycles. The van der Waals surface area contributed by atoms with E-state index in [1.54, 1.807) is 0 Å². The summed E-state index contributed by atoms with van der Waals surface area (Å²) >= 11 is 0. The van der Waals surface area contributed by atoms with Crippen molar-refractivity contribution in [1.82, 2.24) is 0 Å². The summed E-state index contributed by atoms with van der Waals surface area (Å²) in [7, 11) is 0. The Labute approximate surface area is 76.9 Å². The van der Waals surface area contributed by atoms with Gasteiger partial charge in [0.2, 0.25) is 0 Å². The molecule has 13 heavy (non-hydrogen) atoms. The van der Waals surface area contributed by atoms with Crippen LogP contribution < -0.4 is 0 Å². The van der Waals surface area contributed by atoms with Gasteiger partial charge in [-0.15, -0.1) is 12.3 Å². The third kappa shape index (κ3) is 8.41. The number of rotatable bonds is 6. The minimum Gasteiger partial charge on any atom is -0.481 e. The van der Waals surface area contributed by atoms with Gasteiger partial charge in [-0.25, -0.2) is 0 Å². The molecule has 0 spiro atoms. The topological polar surface area (TPSA) is 63.6 Å². The van der Waals surface area contributed by atoms with Crippen LogP contribution in [0.2, 0.25) is 0 Å². The van der Waals surface area contributed by atoms with Gasteiger partial charge in [0.1, 0.15) is 6.61 Å². The normalized spacial score (nSPS) is 8.85. The summed E-state index contributed by atoms with van der Waals surface area (Å²) in [6.07, 6.45) is 5.76. The first-order chi connectivity index (χ1) is 6.16. The van der Waals surface area contributed by atoms with E-state index in [0.717, 1.165) is 0 Å². The number of carbonyl (C=O) groups excluding carboxylic acids is 1. The van der Waals surface area contributed by atoms with Gasteiger partial charge < -0.3 is 9.84 Å². The molecule has 0 amide bonds. The number of hydrogen-bond acceptors (Lipinski definition) is 3. The van der Waals surface area contributed by atoms with E-state index >= 15 is 0 Å². The van der Waals surface area contributed by atoms with Crippen molar-refractivity contribution in [3.05, 3.63) is 0 Å². The van der Waals surface area contributed by atoms with E-state index < -0.39 is 11.9 Å². The molecule has 0 radical (unpaired) electrons. The molecule has 0 aliphatic rings. The van der Waals surface area contributed by atoms with E-state index in [0.29, 0.717) is 12.8 Å². The highest BCUT2D eigenvalue weighted by Crippen LogP contribution is 1.97. The standard InChI is InChI=1S/C9H12O4/c1-2-3-7-13-9(12)6-4-5-8(10)11/h1H,3-7H2,(H,10,11). The van der Waals surface area contributed by atoms with Crippen molar-refractivity contribution < 1.29 is 19.4 Å². The third-order valence-electron chi connectivity index (χ3n) is 1.28. The lowest BCUT2D eigenvalue weighted by molar-refractivity contribution is -0.143. The molecule has 72 valence electrons. The summed E-state index contributed by atoms with van der Waals surface area (Å²) < 4.78 is 4.69. The summed E-state index contributed by atoms with van der Waals surface area (Å²) in [4.78, 5) is 20.9. The van der Waals surface area contributed by atoms with E-state index in [-0.39, 0.29) is 19.4 Å². The molecule has 0 aromatic rings. The van der Waals surface area contributed by atoms with E-state index in [4.69, 9.17) is 11.5 Å². The van der Waals surface area contributed by atoms with Crippen LogP contribution in [0.25, 0.3) is 0 Å². The zero-order chi connectivity index (χ0) is 10.1. The van der Waals surface area contributed by atoms with Gasteiger partial charge in [0, 0.05) is 19.3 Å². The lowest BCUT2D eigenvalue weighted by Crippen LogP contribution is -2.06. The van der Waals surface area contributed by atoms with Crippen molar-refractivity contribution in [3.63, 3.8) is 0 Å². The van der Waals surface area contributed by atoms with Gasteiger partial charge in [0.15, 0.2) is 0 Å². The summed E-state index contributed by atoms with van der Waals surface area (Å²) in [6, 6.07) is 0. The number of esters is 1. The average molecular weight is 184 g/mol. The molecule has 0 fully saturated rings. The summed E-state index contributed by atoms with van der Waals surface area (Å²) in [5.74, 6) is 1.03. The SMILES string of the molecule is C#CCCOC(=O)CCCC(=O)O. The molecule has 0 unspecified atom stereocenters. The Balaban J connectivity index is 3.31. The zero-order valence-electron chi connectivity index (χ0n) is 7.28. The summed E-state index contributed by atoms with van der Waals surface area (Å²) in [6.45, 7) is 0.211. The van der Waals surface area contributed by atoms with E-state index in [1.165, 1.54) is 0 Å². The molecule has 0 aliphatic carbocycles. The summed E-state index contributed by atoms with van der Waals surface area (Å²) in [5.41, 5.74) is 0. The number of carboxylic acid groups (broad SMARTS) is 1. The van der Waals surface area contributed by atoms with Crippen LogP contribution in [-0.2, 0) is 14.3 Å². The number of hydrogen-bond donors (Lipinski definition) is 1. The number of aliphatic carboxylic acids is 1. The van der Waals surface area contributed by atoms with Crippen LogP contribution in [0.5, 0.6) is 0 Å². The van der Waals surface area contributed by atoms with Crippen LogP contribution in [0, 0.1) is 12.3 Å². The average Bonchev–Trinajstić information content (AvgIpc) is 2.04. The maximum Gasteiger partial charge on any atom is 0.305 e. The first kappa shape index (κ1) is 11.5. The predicted molar refractivity (Wildman–Crippen MR) is 45.9 cm³/mol. The molecule has 4 heteroatoms. The van der Waals surface area contributed by atoms with Gasteiger partial charge in [-0.1, -0.05) is 0 Å². The van der Waals surface area contributed by atoms with Gasteiger partial charge in [-0.05, 0) is 6.42 Å². The Bertz CT molecular complexity index is 214. The zero-order valence-corrected chi connectivity index (χ0v) is 7.28. The van der Waals surface area contributed by atoms with Gasteiger partial charge in [0.05, 0.1) is 0 Å². The van der Waals surface area contributed by atoms with Crippen LogP contribution in [0.1, 0.15) is 25.7 Å². The highest BCUT2D eigenvalue weighted by Gasteiger charge is 2.03. The van der Waals surface area contributed by atoms with Crippen molar-refractivity contribution in [2.24, 2.45) is 0 Å². The maximum absolute atomic E-state index is 10.8. The van der Waals surface area contributed by atoms with Gasteiger partial charge >= 0.3 is 11.9 Å². The molecule has 0 rings (SSSR count). The Kier molecular flexibility index (Phi) is 6.34. The molecule has 0 bridgehead atoms. The van der Waals surface area contributed by atoms with E-state index in [2.05, 4.69) is 10.7 Å². The largest absolute Gasteiger partial charge is 0.481 e. The van der Waals surface area contributed by atoms with Gasteiger partial charge in [0.25, 0.3) is 0 Å². The predicted octanol–water partition coefficient (Wildman–Crippen LogP) is 0.808. The molecule has 1 N–H and O–H groups in total. The molecular weight excluding hydrogens is 172 g/mol. The number of ether oxygens (including phenoxy) is 1. The number of carboxylic acids is 1. The Morgan fingerprint density at radius 2 is 2.08 bits per heavy atom. The van der Waals surface area contributed by atoms with Crippen LogP contribution in [0.3, 0.4) is 0 Å². The lowest BCUT2D eigenvalue weighted by Gasteiger charge is -2.00. The molecule has 0 aromatic heterocycles. The number of carbonyl (C=O) groups is 2. The first-order valence-electron chi connectivity index (χ1n) is 3.97. The lowest BCUT2D eigenvalue weighted by atomic mass is 10.2. The Morgan fingerprint density at radius 1 is 1.38 bits per heavy atom. The number of terminal acetylenes is 1. The molecule has 0 aliphatic heterocycles. The molecule has 0 saturated carbocycles. The van der Waals surface area contributed by atoms with Crippen LogP contribution >= 0.6 is 0 Å². The second-order valence-corrected chi connectivity index (χ2v) is 2.42. The fourth-order valence-corrected chi connectivity index (χ4v) is 0.680. The highest BCUT2D eigenvalue weighted by molar-refractivity contribution is 5.71. The fourth-order valence-electron chi connectivity index (χ4n) is 0.680. The Hall–Kier alpha value is -1.50. The van der Waals surface area contributed by atoms with E-state index in [1.807, 2.05) is 0 Å². The minimum absolute atomic E-state index is 0.00968. The fraction of sp³-hybridized carbons (Fsp3) is 0.556. The van der Waals surface area contributed by atoms with Crippen LogP contribution in [0.15, 0.2) is 0 Å². The van der Waals surface area contributed by atoms with Gasteiger partial charge in [-0.3, -0.25) is 9.59 Å². The molecule has 0 aromatic carbocycles. The van der Waals surface area contributed by atoms with Crippen molar-refractivity contribution in [3.8, 4) is 12.3 Å². The van der Waals surface area contributed by atoms with Crippen molar-refractivity contribution in [2.75, 3.05) is 6.61 Å². The monoisotopic (exact) mass is 184 g/mol. The molecular formula is C9H12O4.